The average Bonchev–Trinajstić information content (AvgIpc) is 2.72. The summed E-state index contributed by atoms with van der Waals surface area (Å²) < 4.78 is 18.8. The first-order valence-corrected chi connectivity index (χ1v) is 10.3. The molecule has 148 valence electrons. The van der Waals surface area contributed by atoms with Crippen molar-refractivity contribution in [1.82, 2.24) is 5.32 Å². The molecule has 0 radical (unpaired) electrons. The average molecular weight is 402 g/mol. The number of ether oxygens (including phenoxy) is 1. The number of para-hydroxylation sites is 2. The van der Waals surface area contributed by atoms with Crippen LogP contribution in [0.1, 0.15) is 19.8 Å². The fourth-order valence-corrected chi connectivity index (χ4v) is 3.73. The van der Waals surface area contributed by atoms with Crippen LogP contribution >= 0.6 is 11.8 Å². The first-order chi connectivity index (χ1) is 13.6. The Hall–Kier alpha value is -2.54. The molecule has 1 aliphatic rings. The number of hydrogen-bond donors (Lipinski definition) is 1. The minimum absolute atomic E-state index is 0.0707. The molecule has 2 aromatic rings. The summed E-state index contributed by atoms with van der Waals surface area (Å²) in [5.41, 5.74) is 0.679. The summed E-state index contributed by atoms with van der Waals surface area (Å²) in [6.45, 7) is 2.74. The van der Waals surface area contributed by atoms with Gasteiger partial charge in [-0.15, -0.1) is 11.8 Å². The third-order valence-electron chi connectivity index (χ3n) is 4.31. The van der Waals surface area contributed by atoms with E-state index >= 15 is 0 Å². The lowest BCUT2D eigenvalue weighted by molar-refractivity contribution is -0.128. The van der Waals surface area contributed by atoms with E-state index in [4.69, 9.17) is 4.74 Å². The summed E-state index contributed by atoms with van der Waals surface area (Å²) in [6.07, 6.45) is 0.410. The molecule has 0 unspecified atom stereocenters. The number of nitrogens with zero attached hydrogens (tertiary/aromatic N) is 1. The minimum Gasteiger partial charge on any atom is -0.477 e. The van der Waals surface area contributed by atoms with E-state index in [9.17, 15) is 14.0 Å². The zero-order valence-electron chi connectivity index (χ0n) is 15.7. The molecule has 7 heteroatoms. The maximum Gasteiger partial charge on any atom is 0.262 e. The molecule has 3 rings (SSSR count). The van der Waals surface area contributed by atoms with Gasteiger partial charge >= 0.3 is 0 Å². The third kappa shape index (κ3) is 5.04. The van der Waals surface area contributed by atoms with Crippen molar-refractivity contribution >= 4 is 29.3 Å². The lowest BCUT2D eigenvalue weighted by Gasteiger charge is -2.34. The van der Waals surface area contributed by atoms with E-state index in [-0.39, 0.29) is 24.2 Å². The van der Waals surface area contributed by atoms with Crippen LogP contribution in [0.4, 0.5) is 10.1 Å². The molecule has 0 bridgehead atoms. The number of thioether (sulfide) groups is 1. The van der Waals surface area contributed by atoms with Gasteiger partial charge in [0, 0.05) is 23.6 Å². The Labute approximate surface area is 168 Å². The molecule has 0 aromatic heterocycles. The Morgan fingerprint density at radius 1 is 1.21 bits per heavy atom. The lowest BCUT2D eigenvalue weighted by atomic mass is 10.1. The van der Waals surface area contributed by atoms with Crippen molar-refractivity contribution in [1.29, 1.82) is 0 Å². The van der Waals surface area contributed by atoms with Crippen molar-refractivity contribution < 1.29 is 18.7 Å². The number of carbonyl (C=O) groups excluding carboxylic acids is 2. The molecule has 2 amide bonds. The number of nitrogens with one attached hydrogen (secondary N) is 1. The summed E-state index contributed by atoms with van der Waals surface area (Å²) in [6, 6.07) is 13.4. The largest absolute Gasteiger partial charge is 0.477 e. The normalized spacial score (nSPS) is 15.5. The second kappa shape index (κ2) is 9.59. The number of benzene rings is 2. The van der Waals surface area contributed by atoms with Gasteiger partial charge in [-0.25, -0.2) is 4.39 Å². The lowest BCUT2D eigenvalue weighted by Crippen LogP contribution is -2.51. The summed E-state index contributed by atoms with van der Waals surface area (Å²) in [5.74, 6) is 0.535. The first kappa shape index (κ1) is 20.2. The van der Waals surface area contributed by atoms with E-state index in [0.29, 0.717) is 30.2 Å². The van der Waals surface area contributed by atoms with Crippen LogP contribution in [0.25, 0.3) is 0 Å². The summed E-state index contributed by atoms with van der Waals surface area (Å²) in [7, 11) is 0. The maximum atomic E-state index is 13.0. The van der Waals surface area contributed by atoms with Crippen LogP contribution in [-0.4, -0.2) is 36.8 Å². The second-order valence-electron chi connectivity index (χ2n) is 6.42. The monoisotopic (exact) mass is 402 g/mol. The van der Waals surface area contributed by atoms with Crippen LogP contribution in [0.2, 0.25) is 0 Å². The van der Waals surface area contributed by atoms with E-state index in [1.54, 1.807) is 23.1 Å². The predicted molar refractivity (Wildman–Crippen MR) is 108 cm³/mol. The van der Waals surface area contributed by atoms with Crippen LogP contribution < -0.4 is 15.0 Å². The second-order valence-corrected chi connectivity index (χ2v) is 7.59. The van der Waals surface area contributed by atoms with E-state index < -0.39 is 6.10 Å². The molecule has 0 aliphatic carbocycles. The standard InChI is InChI=1S/C21H23FN2O3S/c1-2-12-23-21(26)19-14-24(17-5-3-4-6-18(17)27-19)20(25)11-13-28-16-9-7-15(22)8-10-16/h3-10,19H,2,11-14H2,1H3,(H,23,26)/t19-/m1/s1. The van der Waals surface area contributed by atoms with E-state index in [2.05, 4.69) is 5.32 Å². The molecule has 1 heterocycles. The molecule has 0 spiro atoms. The molecular formula is C21H23FN2O3S. The third-order valence-corrected chi connectivity index (χ3v) is 5.33. The summed E-state index contributed by atoms with van der Waals surface area (Å²) in [4.78, 5) is 27.7. The number of hydrogen-bond acceptors (Lipinski definition) is 4. The van der Waals surface area contributed by atoms with Gasteiger partial charge in [-0.2, -0.15) is 0 Å². The molecule has 1 atom stereocenters. The Bertz CT molecular complexity index is 829. The first-order valence-electron chi connectivity index (χ1n) is 9.30. The van der Waals surface area contributed by atoms with Crippen LogP contribution in [0.5, 0.6) is 5.75 Å². The van der Waals surface area contributed by atoms with Gasteiger partial charge in [-0.3, -0.25) is 9.59 Å². The van der Waals surface area contributed by atoms with Gasteiger partial charge in [-0.1, -0.05) is 19.1 Å². The highest BCUT2D eigenvalue weighted by Gasteiger charge is 2.33. The fourth-order valence-electron chi connectivity index (χ4n) is 2.89. The van der Waals surface area contributed by atoms with E-state index in [1.165, 1.54) is 23.9 Å². The smallest absolute Gasteiger partial charge is 0.262 e. The summed E-state index contributed by atoms with van der Waals surface area (Å²) in [5, 5.41) is 2.82. The number of anilines is 1. The van der Waals surface area contributed by atoms with Gasteiger partial charge in [0.15, 0.2) is 6.10 Å². The molecule has 0 fully saturated rings. The topological polar surface area (TPSA) is 58.6 Å². The molecule has 5 nitrogen and oxygen atoms in total. The molecule has 1 aliphatic heterocycles. The molecular weight excluding hydrogens is 379 g/mol. The molecule has 1 N–H and O–H groups in total. The Balaban J connectivity index is 1.65. The molecule has 0 saturated carbocycles. The Morgan fingerprint density at radius 3 is 2.71 bits per heavy atom. The highest BCUT2D eigenvalue weighted by atomic mass is 32.2. The van der Waals surface area contributed by atoms with Gasteiger partial charge in [0.2, 0.25) is 5.91 Å². The fraction of sp³-hybridized carbons (Fsp3) is 0.333. The Morgan fingerprint density at radius 2 is 1.96 bits per heavy atom. The summed E-state index contributed by atoms with van der Waals surface area (Å²) >= 11 is 1.50. The minimum atomic E-state index is -0.727. The van der Waals surface area contributed by atoms with E-state index in [1.807, 2.05) is 25.1 Å². The number of amides is 2. The Kier molecular flexibility index (Phi) is 6.92. The van der Waals surface area contributed by atoms with Crippen LogP contribution in [0, 0.1) is 5.82 Å². The predicted octanol–water partition coefficient (Wildman–Crippen LogP) is 3.63. The number of halogens is 1. The highest BCUT2D eigenvalue weighted by Crippen LogP contribution is 2.34. The molecule has 2 aromatic carbocycles. The highest BCUT2D eigenvalue weighted by molar-refractivity contribution is 7.99. The van der Waals surface area contributed by atoms with Crippen molar-refractivity contribution in [2.45, 2.75) is 30.8 Å². The molecule has 28 heavy (non-hydrogen) atoms. The van der Waals surface area contributed by atoms with Crippen LogP contribution in [0.15, 0.2) is 53.4 Å². The SMILES string of the molecule is CCCNC(=O)[C@H]1CN(C(=O)CCSc2ccc(F)cc2)c2ccccc2O1. The van der Waals surface area contributed by atoms with Gasteiger partial charge in [0.05, 0.1) is 12.2 Å². The van der Waals surface area contributed by atoms with Crippen molar-refractivity contribution in [2.24, 2.45) is 0 Å². The van der Waals surface area contributed by atoms with Crippen LogP contribution in [0.3, 0.4) is 0 Å². The van der Waals surface area contributed by atoms with Crippen molar-refractivity contribution in [3.05, 3.63) is 54.3 Å². The van der Waals surface area contributed by atoms with Gasteiger partial charge in [0.1, 0.15) is 11.6 Å². The van der Waals surface area contributed by atoms with Crippen LogP contribution in [-0.2, 0) is 9.59 Å². The molecule has 0 saturated heterocycles. The zero-order valence-corrected chi connectivity index (χ0v) is 16.5. The number of fused-ring (bicyclic) bond motifs is 1. The van der Waals surface area contributed by atoms with Crippen molar-refractivity contribution in [2.75, 3.05) is 23.7 Å². The zero-order chi connectivity index (χ0) is 19.9. The maximum absolute atomic E-state index is 13.0. The van der Waals surface area contributed by atoms with Gasteiger partial charge in [0.25, 0.3) is 5.91 Å². The van der Waals surface area contributed by atoms with Crippen molar-refractivity contribution in [3.8, 4) is 5.75 Å². The van der Waals surface area contributed by atoms with Crippen molar-refractivity contribution in [3.63, 3.8) is 0 Å². The number of rotatable bonds is 7. The van der Waals surface area contributed by atoms with E-state index in [0.717, 1.165) is 11.3 Å². The van der Waals surface area contributed by atoms with Gasteiger partial charge in [-0.05, 0) is 42.8 Å². The number of carbonyl (C=O) groups is 2. The van der Waals surface area contributed by atoms with Gasteiger partial charge < -0.3 is 15.0 Å². The quantitative estimate of drug-likeness (QED) is 0.719.